The third kappa shape index (κ3) is 12.7. The molecule has 0 spiro atoms. The Kier molecular flexibility index (Phi) is 11.1. The van der Waals surface area contributed by atoms with E-state index in [1.54, 1.807) is 6.92 Å². The maximum atomic E-state index is 13.5. The number of unbranched alkanes of at least 4 members (excludes halogenated alkanes) is 2. The van der Waals surface area contributed by atoms with Crippen molar-refractivity contribution in [3.8, 4) is 0 Å². The molecule has 0 aliphatic heterocycles. The van der Waals surface area contributed by atoms with Crippen LogP contribution < -0.4 is 0 Å². The van der Waals surface area contributed by atoms with E-state index in [-0.39, 0.29) is 24.1 Å². The first-order chi connectivity index (χ1) is 10.6. The van der Waals surface area contributed by atoms with Crippen LogP contribution in [-0.2, 0) is 9.53 Å². The van der Waals surface area contributed by atoms with Gasteiger partial charge in [-0.1, -0.05) is 39.5 Å². The van der Waals surface area contributed by atoms with Gasteiger partial charge in [-0.2, -0.15) is 0 Å². The van der Waals surface area contributed by atoms with Crippen molar-refractivity contribution < 1.29 is 18.3 Å². The summed E-state index contributed by atoms with van der Waals surface area (Å²) in [7, 11) is 0. The van der Waals surface area contributed by atoms with E-state index in [9.17, 15) is 13.6 Å². The first-order valence-corrected chi connectivity index (χ1v) is 9.88. The normalized spacial score (nSPS) is 13.9. The molecule has 0 aromatic rings. The molecule has 138 valence electrons. The van der Waals surface area contributed by atoms with Gasteiger partial charge in [-0.25, -0.2) is 8.78 Å². The number of carbonyl (C=O) groups is 1. The lowest BCUT2D eigenvalue weighted by molar-refractivity contribution is -0.154. The highest BCUT2D eigenvalue weighted by atomic mass is 32.2. The van der Waals surface area contributed by atoms with Crippen LogP contribution >= 0.6 is 11.8 Å². The second-order valence-electron chi connectivity index (χ2n) is 7.10. The monoisotopic (exact) mass is 352 g/mol. The molecule has 1 unspecified atom stereocenters. The van der Waals surface area contributed by atoms with Crippen LogP contribution in [0.5, 0.6) is 0 Å². The Morgan fingerprint density at radius 1 is 1.04 bits per heavy atom. The predicted molar refractivity (Wildman–Crippen MR) is 95.3 cm³/mol. The Labute approximate surface area is 145 Å². The van der Waals surface area contributed by atoms with Crippen molar-refractivity contribution in [2.24, 2.45) is 0 Å². The third-order valence-corrected chi connectivity index (χ3v) is 4.72. The minimum atomic E-state index is -2.57. The van der Waals surface area contributed by atoms with E-state index in [1.165, 1.54) is 11.8 Å². The number of halogens is 2. The Bertz CT molecular complexity index is 327. The average molecular weight is 353 g/mol. The second kappa shape index (κ2) is 11.3. The van der Waals surface area contributed by atoms with E-state index in [4.69, 9.17) is 4.74 Å². The van der Waals surface area contributed by atoms with Crippen molar-refractivity contribution in [1.29, 1.82) is 0 Å². The number of hydrogen-bond donors (Lipinski definition) is 0. The van der Waals surface area contributed by atoms with Crippen molar-refractivity contribution in [3.05, 3.63) is 0 Å². The molecule has 0 fully saturated rings. The zero-order valence-corrected chi connectivity index (χ0v) is 16.2. The molecule has 5 heteroatoms. The van der Waals surface area contributed by atoms with E-state index < -0.39 is 11.5 Å². The fourth-order valence-electron chi connectivity index (χ4n) is 2.26. The number of carbonyl (C=O) groups excluding carboxylic acids is 1. The van der Waals surface area contributed by atoms with Gasteiger partial charge in [0.1, 0.15) is 10.9 Å². The standard InChI is InChI=1S/C18H34F2O2S/c1-6-8-9-11-15(16(21)22-17(3,4)5)23-14-10-13-18(19,20)12-7-2/h15H,6-14H2,1-5H3. The van der Waals surface area contributed by atoms with Gasteiger partial charge in [0.2, 0.25) is 5.92 Å². The van der Waals surface area contributed by atoms with Gasteiger partial charge in [0, 0.05) is 12.8 Å². The highest BCUT2D eigenvalue weighted by molar-refractivity contribution is 8.00. The van der Waals surface area contributed by atoms with E-state index in [2.05, 4.69) is 6.92 Å². The highest BCUT2D eigenvalue weighted by Gasteiger charge is 2.28. The lowest BCUT2D eigenvalue weighted by atomic mass is 10.1. The Morgan fingerprint density at radius 2 is 1.70 bits per heavy atom. The molecular formula is C18H34F2O2S. The number of rotatable bonds is 12. The Hall–Kier alpha value is -0.320. The van der Waals surface area contributed by atoms with Crippen LogP contribution in [0.3, 0.4) is 0 Å². The summed E-state index contributed by atoms with van der Waals surface area (Å²) in [5.74, 6) is -2.20. The van der Waals surface area contributed by atoms with E-state index in [0.29, 0.717) is 18.6 Å². The summed E-state index contributed by atoms with van der Waals surface area (Å²) in [5, 5.41) is -0.236. The van der Waals surface area contributed by atoms with Crippen LogP contribution in [-0.4, -0.2) is 28.5 Å². The molecule has 0 saturated carbocycles. The first-order valence-electron chi connectivity index (χ1n) is 8.83. The number of ether oxygens (including phenoxy) is 1. The Balaban J connectivity index is 4.33. The lowest BCUT2D eigenvalue weighted by Crippen LogP contribution is -2.30. The smallest absolute Gasteiger partial charge is 0.319 e. The molecule has 0 heterocycles. The minimum Gasteiger partial charge on any atom is -0.459 e. The molecule has 0 radical (unpaired) electrons. The largest absolute Gasteiger partial charge is 0.459 e. The maximum Gasteiger partial charge on any atom is 0.319 e. The van der Waals surface area contributed by atoms with Crippen molar-refractivity contribution in [1.82, 2.24) is 0 Å². The van der Waals surface area contributed by atoms with Crippen molar-refractivity contribution in [2.45, 2.75) is 103 Å². The van der Waals surface area contributed by atoms with Gasteiger partial charge in [-0.05, 0) is 39.4 Å². The maximum absolute atomic E-state index is 13.5. The van der Waals surface area contributed by atoms with Crippen LogP contribution in [0.4, 0.5) is 8.78 Å². The van der Waals surface area contributed by atoms with Crippen LogP contribution in [0, 0.1) is 0 Å². The topological polar surface area (TPSA) is 26.3 Å². The molecule has 0 N–H and O–H groups in total. The summed E-state index contributed by atoms with van der Waals surface area (Å²) in [6, 6.07) is 0. The summed E-state index contributed by atoms with van der Waals surface area (Å²) in [6.07, 6.45) is 4.69. The molecule has 0 aromatic heterocycles. The number of hydrogen-bond acceptors (Lipinski definition) is 3. The predicted octanol–water partition coefficient (Wildman–Crippen LogP) is 6.23. The summed E-state index contributed by atoms with van der Waals surface area (Å²) in [6.45, 7) is 9.44. The minimum absolute atomic E-state index is 0.0519. The average Bonchev–Trinajstić information content (AvgIpc) is 2.39. The lowest BCUT2D eigenvalue weighted by Gasteiger charge is -2.24. The van der Waals surface area contributed by atoms with Gasteiger partial charge in [0.25, 0.3) is 0 Å². The van der Waals surface area contributed by atoms with Crippen LogP contribution in [0.1, 0.15) is 86.0 Å². The first kappa shape index (κ1) is 22.7. The summed E-state index contributed by atoms with van der Waals surface area (Å²) in [4.78, 5) is 12.3. The van der Waals surface area contributed by atoms with Gasteiger partial charge in [-0.3, -0.25) is 4.79 Å². The molecule has 0 aromatic carbocycles. The van der Waals surface area contributed by atoms with Crippen LogP contribution in [0.25, 0.3) is 0 Å². The van der Waals surface area contributed by atoms with Gasteiger partial charge in [0.05, 0.1) is 0 Å². The number of esters is 1. The molecule has 0 amide bonds. The quantitative estimate of drug-likeness (QED) is 0.308. The van der Waals surface area contributed by atoms with E-state index >= 15 is 0 Å². The molecular weight excluding hydrogens is 318 g/mol. The van der Waals surface area contributed by atoms with Crippen LogP contribution in [0.15, 0.2) is 0 Å². The fraction of sp³-hybridized carbons (Fsp3) is 0.944. The zero-order valence-electron chi connectivity index (χ0n) is 15.4. The Morgan fingerprint density at radius 3 is 2.22 bits per heavy atom. The number of alkyl halides is 2. The van der Waals surface area contributed by atoms with E-state index in [0.717, 1.165) is 25.7 Å². The SMILES string of the molecule is CCCCCC(SCCCC(F)(F)CCC)C(=O)OC(C)(C)C. The molecule has 0 saturated heterocycles. The van der Waals surface area contributed by atoms with Crippen LogP contribution in [0.2, 0.25) is 0 Å². The van der Waals surface area contributed by atoms with E-state index in [1.807, 2.05) is 20.8 Å². The number of thioether (sulfide) groups is 1. The fourth-order valence-corrected chi connectivity index (χ4v) is 3.38. The molecule has 0 aliphatic rings. The zero-order chi connectivity index (χ0) is 17.9. The second-order valence-corrected chi connectivity index (χ2v) is 8.41. The van der Waals surface area contributed by atoms with Crippen molar-refractivity contribution >= 4 is 17.7 Å². The third-order valence-electron chi connectivity index (χ3n) is 3.36. The van der Waals surface area contributed by atoms with Gasteiger partial charge < -0.3 is 4.74 Å². The molecule has 0 aliphatic carbocycles. The highest BCUT2D eigenvalue weighted by Crippen LogP contribution is 2.29. The summed E-state index contributed by atoms with van der Waals surface area (Å²) >= 11 is 1.47. The van der Waals surface area contributed by atoms with Gasteiger partial charge in [0.15, 0.2) is 0 Å². The van der Waals surface area contributed by atoms with Crippen molar-refractivity contribution in [2.75, 3.05) is 5.75 Å². The molecule has 2 nitrogen and oxygen atoms in total. The molecule has 0 rings (SSSR count). The molecule has 1 atom stereocenters. The summed E-state index contributed by atoms with van der Waals surface area (Å²) < 4.78 is 32.4. The summed E-state index contributed by atoms with van der Waals surface area (Å²) in [5.41, 5.74) is -0.505. The van der Waals surface area contributed by atoms with Gasteiger partial charge >= 0.3 is 5.97 Å². The molecule has 23 heavy (non-hydrogen) atoms. The van der Waals surface area contributed by atoms with Gasteiger partial charge in [-0.15, -0.1) is 11.8 Å². The van der Waals surface area contributed by atoms with Crippen molar-refractivity contribution in [3.63, 3.8) is 0 Å². The molecule has 0 bridgehead atoms.